The molecule has 2 amide bonds. The van der Waals surface area contributed by atoms with Gasteiger partial charge in [-0.25, -0.2) is 4.68 Å². The maximum Gasteiger partial charge on any atom is 0.276 e. The SMILES string of the molecule is Cn1nc(C(=O)Nc2ccc3c(c2)CN(C(=O)c2cccs2)CC3)ccc1=O. The van der Waals surface area contributed by atoms with Crippen LogP contribution < -0.4 is 10.9 Å². The predicted molar refractivity (Wildman–Crippen MR) is 107 cm³/mol. The standard InChI is InChI=1S/C20H18N4O3S/c1-23-18(25)7-6-16(22-23)19(26)21-15-5-4-13-8-9-24(12-14(13)11-15)20(27)17-3-2-10-28-17/h2-7,10-11H,8-9,12H2,1H3,(H,21,26). The molecule has 0 saturated heterocycles. The first-order valence-corrected chi connectivity index (χ1v) is 9.69. The Labute approximate surface area is 165 Å². The van der Waals surface area contributed by atoms with Crippen molar-refractivity contribution < 1.29 is 9.59 Å². The second kappa shape index (κ2) is 7.40. The molecule has 0 fully saturated rings. The van der Waals surface area contributed by atoms with Gasteiger partial charge in [-0.15, -0.1) is 11.3 Å². The summed E-state index contributed by atoms with van der Waals surface area (Å²) >= 11 is 1.44. The molecule has 4 rings (SSSR count). The van der Waals surface area contributed by atoms with Gasteiger partial charge in [0.2, 0.25) is 0 Å². The van der Waals surface area contributed by atoms with Crippen molar-refractivity contribution in [3.8, 4) is 0 Å². The first kappa shape index (κ1) is 18.1. The average Bonchev–Trinajstić information content (AvgIpc) is 3.23. The van der Waals surface area contributed by atoms with E-state index in [1.807, 2.05) is 40.6 Å². The summed E-state index contributed by atoms with van der Waals surface area (Å²) in [5.41, 5.74) is 2.70. The van der Waals surface area contributed by atoms with E-state index in [1.165, 1.54) is 36.1 Å². The van der Waals surface area contributed by atoms with Crippen LogP contribution >= 0.6 is 11.3 Å². The minimum absolute atomic E-state index is 0.0319. The van der Waals surface area contributed by atoms with Crippen LogP contribution in [0.2, 0.25) is 0 Å². The molecule has 1 aliphatic heterocycles. The van der Waals surface area contributed by atoms with Gasteiger partial charge in [0, 0.05) is 31.9 Å². The van der Waals surface area contributed by atoms with Crippen molar-refractivity contribution in [1.82, 2.24) is 14.7 Å². The number of thiophene rings is 1. The van der Waals surface area contributed by atoms with Crippen LogP contribution in [0.1, 0.15) is 31.3 Å². The first-order chi connectivity index (χ1) is 13.5. The van der Waals surface area contributed by atoms with E-state index in [4.69, 9.17) is 0 Å². The van der Waals surface area contributed by atoms with E-state index in [9.17, 15) is 14.4 Å². The molecule has 8 heteroatoms. The molecule has 1 N–H and O–H groups in total. The van der Waals surface area contributed by atoms with Crippen LogP contribution in [0.5, 0.6) is 0 Å². The van der Waals surface area contributed by atoms with E-state index in [0.29, 0.717) is 18.8 Å². The zero-order chi connectivity index (χ0) is 19.7. The molecular weight excluding hydrogens is 376 g/mol. The van der Waals surface area contributed by atoms with Gasteiger partial charge in [-0.05, 0) is 47.2 Å². The normalized spacial score (nSPS) is 13.1. The Kier molecular flexibility index (Phi) is 4.79. The molecule has 0 saturated carbocycles. The number of rotatable bonds is 3. The van der Waals surface area contributed by atoms with Gasteiger partial charge < -0.3 is 10.2 Å². The van der Waals surface area contributed by atoms with Crippen LogP contribution in [-0.2, 0) is 20.0 Å². The summed E-state index contributed by atoms with van der Waals surface area (Å²) < 4.78 is 1.12. The summed E-state index contributed by atoms with van der Waals surface area (Å²) in [6.07, 6.45) is 0.781. The minimum Gasteiger partial charge on any atom is -0.333 e. The molecule has 0 radical (unpaired) electrons. The third kappa shape index (κ3) is 3.59. The molecule has 2 aromatic heterocycles. The molecule has 0 atom stereocenters. The Balaban J connectivity index is 1.51. The van der Waals surface area contributed by atoms with E-state index in [2.05, 4.69) is 10.4 Å². The second-order valence-electron chi connectivity index (χ2n) is 6.57. The van der Waals surface area contributed by atoms with E-state index < -0.39 is 5.91 Å². The quantitative estimate of drug-likeness (QED) is 0.739. The van der Waals surface area contributed by atoms with Crippen LogP contribution in [0.4, 0.5) is 5.69 Å². The minimum atomic E-state index is -0.391. The van der Waals surface area contributed by atoms with E-state index in [-0.39, 0.29) is 17.2 Å². The summed E-state index contributed by atoms with van der Waals surface area (Å²) in [5.74, 6) is -0.359. The zero-order valence-corrected chi connectivity index (χ0v) is 16.0. The summed E-state index contributed by atoms with van der Waals surface area (Å²) in [4.78, 5) is 39.0. The Morgan fingerprint density at radius 1 is 1.14 bits per heavy atom. The van der Waals surface area contributed by atoms with Crippen molar-refractivity contribution in [3.05, 3.63) is 79.9 Å². The fourth-order valence-electron chi connectivity index (χ4n) is 3.18. The van der Waals surface area contributed by atoms with E-state index >= 15 is 0 Å². The summed E-state index contributed by atoms with van der Waals surface area (Å²) in [7, 11) is 1.50. The molecule has 0 unspecified atom stereocenters. The molecule has 1 aromatic carbocycles. The summed E-state index contributed by atoms with van der Waals surface area (Å²) in [5, 5.41) is 8.66. The largest absolute Gasteiger partial charge is 0.333 e. The Hall–Kier alpha value is -3.26. The molecular formula is C20H18N4O3S. The first-order valence-electron chi connectivity index (χ1n) is 8.81. The Morgan fingerprint density at radius 2 is 2.00 bits per heavy atom. The fourth-order valence-corrected chi connectivity index (χ4v) is 3.87. The molecule has 28 heavy (non-hydrogen) atoms. The third-order valence-electron chi connectivity index (χ3n) is 4.69. The fraction of sp³-hybridized carbons (Fsp3) is 0.200. The average molecular weight is 394 g/mol. The summed E-state index contributed by atoms with van der Waals surface area (Å²) in [6.45, 7) is 1.19. The van der Waals surface area contributed by atoms with Crippen LogP contribution in [0.15, 0.2) is 52.6 Å². The Bertz CT molecular complexity index is 1100. The Morgan fingerprint density at radius 3 is 2.75 bits per heavy atom. The lowest BCUT2D eigenvalue weighted by atomic mass is 9.99. The van der Waals surface area contributed by atoms with Crippen LogP contribution in [0.25, 0.3) is 0 Å². The highest BCUT2D eigenvalue weighted by atomic mass is 32.1. The maximum absolute atomic E-state index is 12.6. The van der Waals surface area contributed by atoms with Crippen molar-refractivity contribution in [1.29, 1.82) is 0 Å². The summed E-state index contributed by atoms with van der Waals surface area (Å²) in [6, 6.07) is 12.1. The lowest BCUT2D eigenvalue weighted by Gasteiger charge is -2.29. The van der Waals surface area contributed by atoms with Gasteiger partial charge in [0.15, 0.2) is 0 Å². The molecule has 3 aromatic rings. The van der Waals surface area contributed by atoms with Gasteiger partial charge in [-0.2, -0.15) is 5.10 Å². The van der Waals surface area contributed by atoms with E-state index in [0.717, 1.165) is 21.5 Å². The lowest BCUT2D eigenvalue weighted by Crippen LogP contribution is -2.35. The molecule has 7 nitrogen and oxygen atoms in total. The maximum atomic E-state index is 12.6. The van der Waals surface area contributed by atoms with Gasteiger partial charge in [-0.1, -0.05) is 12.1 Å². The highest BCUT2D eigenvalue weighted by Gasteiger charge is 2.23. The molecule has 0 bridgehead atoms. The smallest absolute Gasteiger partial charge is 0.276 e. The third-order valence-corrected chi connectivity index (χ3v) is 5.55. The number of amides is 2. The number of carbonyl (C=O) groups is 2. The van der Waals surface area contributed by atoms with Crippen LogP contribution in [0, 0.1) is 0 Å². The highest BCUT2D eigenvalue weighted by Crippen LogP contribution is 2.25. The van der Waals surface area contributed by atoms with Gasteiger partial charge in [0.1, 0.15) is 5.69 Å². The number of hydrogen-bond acceptors (Lipinski definition) is 5. The van der Waals surface area contributed by atoms with Crippen LogP contribution in [0.3, 0.4) is 0 Å². The second-order valence-corrected chi connectivity index (χ2v) is 7.52. The van der Waals surface area contributed by atoms with Crippen molar-refractivity contribution in [2.45, 2.75) is 13.0 Å². The topological polar surface area (TPSA) is 84.3 Å². The number of nitrogens with zero attached hydrogens (tertiary/aromatic N) is 3. The molecule has 0 aliphatic carbocycles. The number of aryl methyl sites for hydroxylation is 1. The van der Waals surface area contributed by atoms with Crippen molar-refractivity contribution in [3.63, 3.8) is 0 Å². The number of anilines is 1. The monoisotopic (exact) mass is 394 g/mol. The van der Waals surface area contributed by atoms with E-state index in [1.54, 1.807) is 0 Å². The number of fused-ring (bicyclic) bond motifs is 1. The van der Waals surface area contributed by atoms with Crippen molar-refractivity contribution in [2.24, 2.45) is 7.05 Å². The van der Waals surface area contributed by atoms with Crippen LogP contribution in [-0.4, -0.2) is 33.0 Å². The van der Waals surface area contributed by atoms with Gasteiger partial charge >= 0.3 is 0 Å². The number of hydrogen-bond donors (Lipinski definition) is 1. The van der Waals surface area contributed by atoms with Gasteiger partial charge in [-0.3, -0.25) is 14.4 Å². The lowest BCUT2D eigenvalue weighted by molar-refractivity contribution is 0.0739. The van der Waals surface area contributed by atoms with Gasteiger partial charge in [0.05, 0.1) is 4.88 Å². The van der Waals surface area contributed by atoms with Gasteiger partial charge in [0.25, 0.3) is 17.4 Å². The number of carbonyl (C=O) groups excluding carboxylic acids is 2. The molecule has 1 aliphatic rings. The van der Waals surface area contributed by atoms with Crippen molar-refractivity contribution >= 4 is 28.8 Å². The predicted octanol–water partition coefficient (Wildman–Crippen LogP) is 2.29. The molecule has 142 valence electrons. The van der Waals surface area contributed by atoms with Crippen molar-refractivity contribution in [2.75, 3.05) is 11.9 Å². The zero-order valence-electron chi connectivity index (χ0n) is 15.2. The highest BCUT2D eigenvalue weighted by molar-refractivity contribution is 7.12. The number of nitrogens with one attached hydrogen (secondary N) is 1. The number of aromatic nitrogens is 2. The number of benzene rings is 1. The molecule has 0 spiro atoms. The molecule has 3 heterocycles.